The number of hydrogen-bond acceptors (Lipinski definition) is 27. The van der Waals surface area contributed by atoms with E-state index in [1.165, 1.54) is 31.2 Å². The first-order valence-electron chi connectivity index (χ1n) is 35.8. The zero-order chi connectivity index (χ0) is 81.6. The van der Waals surface area contributed by atoms with Gasteiger partial charge in [0.1, 0.15) is 66.5 Å². The quantitative estimate of drug-likeness (QED) is 0.0196. The number of benzene rings is 5. The second kappa shape index (κ2) is 38.5. The molecule has 0 spiro atoms. The summed E-state index contributed by atoms with van der Waals surface area (Å²) in [5.74, 6) is -6.22. The summed E-state index contributed by atoms with van der Waals surface area (Å²) in [5.41, 5.74) is -0.877. The van der Waals surface area contributed by atoms with E-state index in [-0.39, 0.29) is 63.7 Å². The Labute approximate surface area is 645 Å². The van der Waals surface area contributed by atoms with Crippen molar-refractivity contribution in [2.75, 3.05) is 56.8 Å². The normalized spacial score (nSPS) is 24.7. The van der Waals surface area contributed by atoms with Crippen molar-refractivity contribution in [3.8, 4) is 11.1 Å². The molecule has 10 rings (SSSR count). The van der Waals surface area contributed by atoms with Gasteiger partial charge in [-0.25, -0.2) is 9.59 Å². The molecule has 2 aliphatic heterocycles. The summed E-state index contributed by atoms with van der Waals surface area (Å²) in [6.07, 6.45) is -17.2. The van der Waals surface area contributed by atoms with Gasteiger partial charge in [-0.05, 0) is 109 Å². The number of anilines is 2. The van der Waals surface area contributed by atoms with Crippen molar-refractivity contribution in [1.82, 2.24) is 25.9 Å². The van der Waals surface area contributed by atoms with Gasteiger partial charge < -0.3 is 100 Å². The Morgan fingerprint density at radius 3 is 1.88 bits per heavy atom. The summed E-state index contributed by atoms with van der Waals surface area (Å²) in [6.45, 7) is -1.16. The number of carbonyl (C=O) groups is 6. The summed E-state index contributed by atoms with van der Waals surface area (Å²) in [5, 5.41) is 78.3. The average molecular weight is 1640 g/mol. The molecule has 5 aromatic carbocycles. The monoisotopic (exact) mass is 1640 g/mol. The Morgan fingerprint density at radius 2 is 1.26 bits per heavy atom. The van der Waals surface area contributed by atoms with Gasteiger partial charge in [-0.1, -0.05) is 86.7 Å². The highest BCUT2D eigenvalue weighted by Crippen LogP contribution is 2.41. The van der Waals surface area contributed by atoms with E-state index in [1.54, 1.807) is 54.6 Å². The molecule has 1 aromatic heterocycles. The number of ether oxygens (including phenoxy) is 8. The smallest absolute Gasteiger partial charge is 0.332 e. The number of amides is 5. The molecule has 113 heavy (non-hydrogen) atoms. The number of hydrogen-bond donors (Lipinski definition) is 16. The minimum atomic E-state index is -5.31. The Morgan fingerprint density at radius 1 is 0.628 bits per heavy atom. The SMILES string of the molecule is C[C@@H]1O[C@@H](OC2CC(NC(=O)c3cc(=O)[nH]c(=O)[nH]3)CC(CC(=O)NCCNC(=O)COCCOCC(=O)Nc3ccc(-c4ccc(C(=O)Nc5cc(S(=O)(=O)O)cc6cc(S(=O)(=O)O)cc(S(=O)(=O)O)c56)cc4)cc3)C2O[C@@H]2O[C@H](CO)[C@H](O)[C@H](O[C@@H](CC3CCCCC3)C(=O)O)[C@H]2OCc2ccccc2)[C@@H](O)[C@H](O)[C@@H]1O. The van der Waals surface area contributed by atoms with Crippen molar-refractivity contribution in [2.24, 2.45) is 11.8 Å². The lowest BCUT2D eigenvalue weighted by Crippen LogP contribution is -2.64. The number of nitrogens with one attached hydrogen (secondary N) is 7. The molecule has 6 aromatic rings. The predicted octanol–water partition coefficient (Wildman–Crippen LogP) is 0.749. The van der Waals surface area contributed by atoms with E-state index in [0.29, 0.717) is 46.6 Å². The number of aliphatic carboxylic acids is 1. The van der Waals surface area contributed by atoms with Crippen LogP contribution < -0.4 is 37.8 Å². The number of fused-ring (bicyclic) bond motifs is 1. The van der Waals surface area contributed by atoms with E-state index in [0.717, 1.165) is 38.2 Å². The lowest BCUT2D eigenvalue weighted by atomic mass is 9.78. The van der Waals surface area contributed by atoms with Crippen molar-refractivity contribution < 1.29 is 136 Å². The summed E-state index contributed by atoms with van der Waals surface area (Å²) in [7, 11) is -15.5. The molecule has 0 bridgehead atoms. The molecule has 41 heteroatoms. The molecule has 2 saturated heterocycles. The van der Waals surface area contributed by atoms with Crippen LogP contribution in [0.2, 0.25) is 0 Å². The standard InChI is InChI=1S/C72H87N7O31S3/c1-37-60(85)62(87)63(88)70(106-37)108-51-29-46(76-68(90)50-32-56(82)79-72(93)78-50)25-44(64(51)110-71-66(105-34-39-10-6-3-7-11-39)65(61(86)53(33-80)109-71)107-52(69(91)92)24-38-8-4-2-5-9-38)28-55(81)73-20-21-74-57(83)35-103-22-23-104-36-58(84)75-45-18-16-41(17-19-45)40-12-14-42(15-13-40)67(89)77-49-30-47(111(94,95)96)26-43-27-48(112(97,98)99)31-54(59(43)49)113(100,101)102/h3,6-7,10-19,26-27,30-32,37-38,44,46,51-53,60-66,70-71,80,85-88H,2,4-5,8-9,20-25,28-29,33-36H2,1H3,(H,73,81)(H,74,83)(H,75,84)(H,76,90)(H,77,89)(H,91,92)(H,94,95,96)(H,97,98,99)(H,100,101,102)(H2,78,79,82,93)/t37-,44?,46?,51?,52-,53+,60+,61-,62+,63-,64?,65-,66+,70-,71-/m0/s1. The van der Waals surface area contributed by atoms with Gasteiger partial charge in [-0.3, -0.25) is 47.4 Å². The van der Waals surface area contributed by atoms with Gasteiger partial charge >= 0.3 is 11.7 Å². The molecular formula is C72H87N7O31S3. The third kappa shape index (κ3) is 23.4. The minimum absolute atomic E-state index is 0.0320. The number of carbonyl (C=O) groups excluding carboxylic acids is 5. The van der Waals surface area contributed by atoms with Gasteiger partial charge in [0.2, 0.25) is 17.7 Å². The molecule has 2 saturated carbocycles. The largest absolute Gasteiger partial charge is 0.479 e. The maximum atomic E-state index is 14.3. The van der Waals surface area contributed by atoms with Crippen LogP contribution >= 0.6 is 0 Å². The molecule has 5 amide bonds. The topological polar surface area (TPSA) is 587 Å². The molecular weight excluding hydrogens is 1560 g/mol. The molecule has 4 unspecified atom stereocenters. The Balaban J connectivity index is 0.745. The van der Waals surface area contributed by atoms with Gasteiger partial charge in [0, 0.05) is 48.3 Å². The van der Waals surface area contributed by atoms with Crippen molar-refractivity contribution in [3.63, 3.8) is 0 Å². The van der Waals surface area contributed by atoms with Crippen molar-refractivity contribution in [3.05, 3.63) is 147 Å². The third-order valence-corrected chi connectivity index (χ3v) is 22.0. The number of carboxylic acids is 1. The maximum Gasteiger partial charge on any atom is 0.332 e. The lowest BCUT2D eigenvalue weighted by Gasteiger charge is -2.49. The number of aliphatic hydroxyl groups excluding tert-OH is 5. The summed E-state index contributed by atoms with van der Waals surface area (Å²) in [6, 6.07) is 23.0. The van der Waals surface area contributed by atoms with Crippen LogP contribution in [-0.4, -0.2) is 247 Å². The molecule has 4 fully saturated rings. The molecule has 4 aliphatic rings. The number of aromatic nitrogens is 2. The van der Waals surface area contributed by atoms with Crippen LogP contribution in [0.25, 0.3) is 21.9 Å². The summed E-state index contributed by atoms with van der Waals surface area (Å²) in [4.78, 5) is 106. The number of rotatable bonds is 34. The van der Waals surface area contributed by atoms with Crippen molar-refractivity contribution >= 4 is 88.0 Å². The predicted molar refractivity (Wildman–Crippen MR) is 392 cm³/mol. The highest BCUT2D eigenvalue weighted by molar-refractivity contribution is 7.87. The fourth-order valence-corrected chi connectivity index (χ4v) is 15.8. The van der Waals surface area contributed by atoms with E-state index in [9.17, 15) is 108 Å². The van der Waals surface area contributed by atoms with Gasteiger partial charge in [-0.2, -0.15) is 25.3 Å². The molecule has 0 radical (unpaired) electrons. The van der Waals surface area contributed by atoms with Crippen molar-refractivity contribution in [2.45, 2.75) is 172 Å². The van der Waals surface area contributed by atoms with Crippen LogP contribution in [0.4, 0.5) is 11.4 Å². The van der Waals surface area contributed by atoms with Crippen LogP contribution in [-0.2, 0) is 94.0 Å². The van der Waals surface area contributed by atoms with E-state index in [1.807, 2.05) is 4.98 Å². The summed E-state index contributed by atoms with van der Waals surface area (Å²) >= 11 is 0. The minimum Gasteiger partial charge on any atom is -0.479 e. The molecule has 38 nitrogen and oxygen atoms in total. The van der Waals surface area contributed by atoms with E-state index >= 15 is 0 Å². The highest BCUT2D eigenvalue weighted by atomic mass is 32.2. The summed E-state index contributed by atoms with van der Waals surface area (Å²) < 4.78 is 152. The fourth-order valence-electron chi connectivity index (χ4n) is 13.8. The average Bonchev–Trinajstić information content (AvgIpc) is 0.703. The second-order valence-electron chi connectivity index (χ2n) is 27.6. The molecule has 2 aliphatic carbocycles. The number of aliphatic hydroxyl groups is 5. The van der Waals surface area contributed by atoms with Gasteiger partial charge in [-0.15, -0.1) is 0 Å². The fraction of sp³-hybridized carbons (Fsp3) is 0.472. The lowest BCUT2D eigenvalue weighted by molar-refractivity contribution is -0.355. The van der Waals surface area contributed by atoms with Crippen LogP contribution in [0.3, 0.4) is 0 Å². The first-order valence-corrected chi connectivity index (χ1v) is 40.1. The van der Waals surface area contributed by atoms with Crippen LogP contribution in [0, 0.1) is 11.8 Å². The van der Waals surface area contributed by atoms with Gasteiger partial charge in [0.15, 0.2) is 18.7 Å². The van der Waals surface area contributed by atoms with Crippen LogP contribution in [0.15, 0.2) is 133 Å². The Hall–Kier alpha value is -8.93. The third-order valence-electron chi connectivity index (χ3n) is 19.4. The molecule has 15 atom stereocenters. The van der Waals surface area contributed by atoms with Gasteiger partial charge in [0.25, 0.3) is 47.7 Å². The number of carboxylic acid groups (broad SMARTS) is 1. The zero-order valence-corrected chi connectivity index (χ0v) is 62.8. The Kier molecular flexibility index (Phi) is 29.4. The molecule has 3 heterocycles. The van der Waals surface area contributed by atoms with Gasteiger partial charge in [0.05, 0.1) is 60.2 Å². The van der Waals surface area contributed by atoms with E-state index in [4.69, 9.17) is 37.9 Å². The first-order chi connectivity index (χ1) is 53.6. The van der Waals surface area contributed by atoms with Crippen LogP contribution in [0.1, 0.15) is 91.1 Å². The Bertz CT molecular complexity index is 4810. The van der Waals surface area contributed by atoms with E-state index in [2.05, 4.69) is 31.6 Å². The second-order valence-corrected chi connectivity index (χ2v) is 31.8. The maximum absolute atomic E-state index is 14.3. The number of H-pyrrole nitrogens is 2. The molecule has 614 valence electrons. The first kappa shape index (κ1) is 86.5. The highest BCUT2D eigenvalue weighted by Gasteiger charge is 2.54. The number of aromatic amines is 2. The zero-order valence-electron chi connectivity index (χ0n) is 60.4. The molecule has 16 N–H and O–H groups in total. The van der Waals surface area contributed by atoms with E-state index < -0.39 is 232 Å². The van der Waals surface area contributed by atoms with Crippen LogP contribution in [0.5, 0.6) is 0 Å². The van der Waals surface area contributed by atoms with Crippen molar-refractivity contribution in [1.29, 1.82) is 0 Å².